The van der Waals surface area contributed by atoms with Crippen LogP contribution < -0.4 is 15.7 Å². The number of carboxylic acids is 1. The molecule has 2 heterocycles. The van der Waals surface area contributed by atoms with Gasteiger partial charge in [0.1, 0.15) is 42.2 Å². The van der Waals surface area contributed by atoms with Crippen molar-refractivity contribution in [1.29, 1.82) is 0 Å². The second-order valence-electron chi connectivity index (χ2n) is 6.98. The van der Waals surface area contributed by atoms with E-state index in [1.54, 1.807) is 0 Å². The molecule has 0 saturated carbocycles. The summed E-state index contributed by atoms with van der Waals surface area (Å²) in [7, 11) is -11.0. The fourth-order valence-corrected chi connectivity index (χ4v) is 3.95. The Kier molecular flexibility index (Phi) is 10.0. The molecule has 2 aliphatic rings. The molecule has 0 spiro atoms. The number of rotatable bonds is 11. The highest BCUT2D eigenvalue weighted by Crippen LogP contribution is 2.31. The summed E-state index contributed by atoms with van der Waals surface area (Å²) in [6.07, 6.45) is -14.7. The van der Waals surface area contributed by atoms with E-state index in [0.717, 1.165) is 6.92 Å². The summed E-state index contributed by atoms with van der Waals surface area (Å²) in [5.41, 5.74) is 0. The van der Waals surface area contributed by atoms with Gasteiger partial charge in [-0.25, -0.2) is 21.7 Å². The van der Waals surface area contributed by atoms with Crippen LogP contribution in [-0.4, -0.2) is 104 Å². The van der Waals surface area contributed by atoms with Crippen LogP contribution in [0.15, 0.2) is 11.8 Å². The Bertz CT molecular complexity index is 1040. The zero-order valence-electron chi connectivity index (χ0n) is 17.6. The number of aliphatic hydroxyl groups is 2. The summed E-state index contributed by atoms with van der Waals surface area (Å²) in [6.45, 7) is -0.333. The fraction of sp³-hybridized carbons (Fsp3) is 0.714. The van der Waals surface area contributed by atoms with Crippen molar-refractivity contribution < 1.29 is 88.6 Å². The molecule has 0 radical (unpaired) electrons. The SMILES string of the molecule is CC(=O)NC1[C@H](O)OC(COS(=O)(=O)[O-])[C@@H](O[C@@H]2OC(C(=O)[O-])=C[C@H](O)C2OS(=O)(=O)[O-])[C@@H]1OO[O-]. The van der Waals surface area contributed by atoms with Gasteiger partial charge in [0.2, 0.25) is 33.0 Å². The molecule has 0 aromatic heterocycles. The number of carboxylic acid groups (broad SMARTS) is 1. The van der Waals surface area contributed by atoms with Gasteiger partial charge in [-0.05, 0) is 6.08 Å². The molecule has 208 valence electrons. The molecule has 1 saturated heterocycles. The highest BCUT2D eigenvalue weighted by Gasteiger charge is 2.51. The standard InChI is InChI=1S/C14H21NO19S2/c1-4(16)15-8-11(32-34-21)10(7(29-13(8)20)3-28-35(22,23)24)31-14-9(33-36(25,26)27)5(17)2-6(30-14)12(18)19/h2,5,7-11,13-14,17,20-21H,3H2,1H3,(H,15,16)(H,18,19)(H,22,23,24)(H,25,26,27)/p-4/t5-,7?,8?,9?,10+,11+,13+,14-/m0/s1. The van der Waals surface area contributed by atoms with E-state index in [1.165, 1.54) is 0 Å². The van der Waals surface area contributed by atoms with Gasteiger partial charge < -0.3 is 54.0 Å². The molecule has 0 aliphatic carbocycles. The first-order chi connectivity index (χ1) is 16.5. The van der Waals surface area contributed by atoms with Gasteiger partial charge in [-0.3, -0.25) is 18.2 Å². The average Bonchev–Trinajstić information content (AvgIpc) is 2.71. The van der Waals surface area contributed by atoms with E-state index >= 15 is 0 Å². The number of aliphatic hydroxyl groups excluding tert-OH is 2. The minimum absolute atomic E-state index is 0.381. The topological polar surface area (TPSA) is 312 Å². The predicted octanol–water partition coefficient (Wildman–Crippen LogP) is -7.14. The summed E-state index contributed by atoms with van der Waals surface area (Å²) >= 11 is 0. The van der Waals surface area contributed by atoms with Gasteiger partial charge in [0.15, 0.2) is 12.4 Å². The Hall–Kier alpha value is -2.06. The van der Waals surface area contributed by atoms with Crippen LogP contribution in [0.2, 0.25) is 0 Å². The van der Waals surface area contributed by atoms with Gasteiger partial charge in [-0.1, -0.05) is 0 Å². The molecule has 1 amide bonds. The summed E-state index contributed by atoms with van der Waals surface area (Å²) in [5, 5.41) is 47.5. The molecule has 8 atom stereocenters. The van der Waals surface area contributed by atoms with Crippen molar-refractivity contribution in [3.05, 3.63) is 11.8 Å². The number of hydrogen-bond acceptors (Lipinski definition) is 19. The second kappa shape index (κ2) is 12.0. The number of hydrogen-bond donors (Lipinski definition) is 3. The van der Waals surface area contributed by atoms with E-state index in [2.05, 4.69) is 23.6 Å². The van der Waals surface area contributed by atoms with Gasteiger partial charge in [0.25, 0.3) is 0 Å². The van der Waals surface area contributed by atoms with E-state index in [9.17, 15) is 56.1 Å². The van der Waals surface area contributed by atoms with E-state index in [1.807, 2.05) is 0 Å². The predicted molar refractivity (Wildman–Crippen MR) is 93.5 cm³/mol. The first-order valence-corrected chi connectivity index (χ1v) is 11.9. The van der Waals surface area contributed by atoms with Crippen molar-refractivity contribution in [2.45, 2.75) is 56.1 Å². The Morgan fingerprint density at radius 3 is 2.25 bits per heavy atom. The molecular weight excluding hydrogens is 550 g/mol. The van der Waals surface area contributed by atoms with Crippen LogP contribution >= 0.6 is 0 Å². The number of nitrogens with one attached hydrogen (secondary N) is 1. The maximum absolute atomic E-state index is 11.5. The third kappa shape index (κ3) is 8.51. The second-order valence-corrected chi connectivity index (χ2v) is 9.04. The van der Waals surface area contributed by atoms with Gasteiger partial charge in [-0.15, -0.1) is 0 Å². The van der Waals surface area contributed by atoms with Crippen LogP contribution in [-0.2, 0) is 62.9 Å². The molecule has 1 fully saturated rings. The largest absolute Gasteiger partial charge is 0.726 e. The van der Waals surface area contributed by atoms with Gasteiger partial charge in [0.05, 0.1) is 6.61 Å². The molecule has 3 N–H and O–H groups in total. The summed E-state index contributed by atoms with van der Waals surface area (Å²) < 4.78 is 89.2. The minimum Gasteiger partial charge on any atom is -0.726 e. The number of carbonyl (C=O) groups excluding carboxylic acids is 2. The molecular formula is C14H17NO19S2-4. The van der Waals surface area contributed by atoms with Crippen molar-refractivity contribution in [3.8, 4) is 0 Å². The molecule has 0 aromatic rings. The average molecular weight is 567 g/mol. The van der Waals surface area contributed by atoms with Gasteiger partial charge >= 0.3 is 0 Å². The molecule has 3 unspecified atom stereocenters. The normalized spacial score (nSPS) is 33.3. The number of amides is 1. The first kappa shape index (κ1) is 30.2. The van der Waals surface area contributed by atoms with Crippen molar-refractivity contribution in [2.75, 3.05) is 6.61 Å². The van der Waals surface area contributed by atoms with E-state index in [-0.39, 0.29) is 0 Å². The number of ether oxygens (including phenoxy) is 3. The third-order valence-corrected chi connectivity index (χ3v) is 5.34. The molecule has 2 aliphatic heterocycles. The number of aliphatic carboxylic acids is 1. The zero-order valence-corrected chi connectivity index (χ0v) is 19.2. The van der Waals surface area contributed by atoms with Gasteiger partial charge in [0, 0.05) is 6.92 Å². The lowest BCUT2D eigenvalue weighted by Gasteiger charge is -2.46. The Morgan fingerprint density at radius 1 is 1.11 bits per heavy atom. The fourth-order valence-electron chi connectivity index (χ4n) is 3.17. The highest BCUT2D eigenvalue weighted by molar-refractivity contribution is 7.81. The van der Waals surface area contributed by atoms with Crippen LogP contribution in [0, 0.1) is 0 Å². The first-order valence-electron chi connectivity index (χ1n) is 9.26. The van der Waals surface area contributed by atoms with Crippen molar-refractivity contribution in [2.24, 2.45) is 0 Å². The molecule has 0 aromatic carbocycles. The monoisotopic (exact) mass is 567 g/mol. The molecule has 0 bridgehead atoms. The van der Waals surface area contributed by atoms with Crippen molar-refractivity contribution in [3.63, 3.8) is 0 Å². The Balaban J connectivity index is 2.50. The van der Waals surface area contributed by atoms with E-state index in [4.69, 9.17) is 14.2 Å². The number of carbonyl (C=O) groups is 2. The molecule has 20 nitrogen and oxygen atoms in total. The zero-order chi connectivity index (χ0) is 27.4. The van der Waals surface area contributed by atoms with E-state index in [0.29, 0.717) is 6.08 Å². The third-order valence-electron chi connectivity index (χ3n) is 4.45. The summed E-state index contributed by atoms with van der Waals surface area (Å²) in [4.78, 5) is 27.1. The van der Waals surface area contributed by atoms with Crippen LogP contribution in [0.1, 0.15) is 6.92 Å². The lowest BCUT2D eigenvalue weighted by atomic mass is 9.96. The molecule has 2 rings (SSSR count). The van der Waals surface area contributed by atoms with Crippen molar-refractivity contribution in [1.82, 2.24) is 5.32 Å². The van der Waals surface area contributed by atoms with Crippen molar-refractivity contribution >= 4 is 32.7 Å². The minimum atomic E-state index is -5.61. The van der Waals surface area contributed by atoms with Crippen LogP contribution in [0.5, 0.6) is 0 Å². The highest BCUT2D eigenvalue weighted by atomic mass is 32.3. The lowest BCUT2D eigenvalue weighted by molar-refractivity contribution is -0.807. The maximum Gasteiger partial charge on any atom is 0.231 e. The van der Waals surface area contributed by atoms with Gasteiger partial charge in [-0.2, -0.15) is 0 Å². The quantitative estimate of drug-likeness (QED) is 0.0903. The Labute approximate surface area is 201 Å². The van der Waals surface area contributed by atoms with Crippen LogP contribution in [0.25, 0.3) is 0 Å². The molecule has 22 heteroatoms. The maximum atomic E-state index is 11.5. The summed E-state index contributed by atoms with van der Waals surface area (Å²) in [5.74, 6) is -4.08. The summed E-state index contributed by atoms with van der Waals surface area (Å²) in [6, 6.07) is -1.76. The lowest BCUT2D eigenvalue weighted by Crippen LogP contribution is -2.67. The van der Waals surface area contributed by atoms with Crippen LogP contribution in [0.3, 0.4) is 0 Å². The molecule has 36 heavy (non-hydrogen) atoms. The Morgan fingerprint density at radius 2 is 1.75 bits per heavy atom. The van der Waals surface area contributed by atoms with Crippen LogP contribution in [0.4, 0.5) is 0 Å². The smallest absolute Gasteiger partial charge is 0.231 e. The van der Waals surface area contributed by atoms with E-state index < -0.39 is 94.2 Å².